The predicted octanol–water partition coefficient (Wildman–Crippen LogP) is 2.90. The third-order valence-corrected chi connectivity index (χ3v) is 4.44. The van der Waals surface area contributed by atoms with E-state index in [1.807, 2.05) is 12.3 Å². The van der Waals surface area contributed by atoms with E-state index in [0.717, 1.165) is 10.7 Å². The molecule has 0 N–H and O–H groups in total. The number of hydrogen-bond acceptors (Lipinski definition) is 3. The third kappa shape index (κ3) is 2.74. The van der Waals surface area contributed by atoms with Crippen LogP contribution in [0.1, 0.15) is 10.7 Å². The molecule has 0 fully saturated rings. The molecule has 1 heterocycles. The van der Waals surface area contributed by atoms with E-state index in [2.05, 4.69) is 4.98 Å². The van der Waals surface area contributed by atoms with E-state index in [1.54, 1.807) is 12.1 Å². The van der Waals surface area contributed by atoms with Gasteiger partial charge in [-0.3, -0.25) is 4.21 Å². The predicted molar refractivity (Wildman–Crippen MR) is 63.4 cm³/mol. The summed E-state index contributed by atoms with van der Waals surface area (Å²) in [6.07, 6.45) is 0. The summed E-state index contributed by atoms with van der Waals surface area (Å²) in [6, 6.07) is 5.88. The van der Waals surface area contributed by atoms with Gasteiger partial charge in [0.05, 0.1) is 16.6 Å². The Kier molecular flexibility index (Phi) is 3.46. The molecular weight excluding hydrogens is 245 g/mol. The van der Waals surface area contributed by atoms with Crippen LogP contribution in [0.5, 0.6) is 0 Å². The van der Waals surface area contributed by atoms with Crippen molar-refractivity contribution in [2.45, 2.75) is 17.6 Å². The molecule has 16 heavy (non-hydrogen) atoms. The van der Waals surface area contributed by atoms with E-state index in [9.17, 15) is 8.60 Å². The van der Waals surface area contributed by atoms with Crippen LogP contribution in [-0.2, 0) is 16.6 Å². The lowest BCUT2D eigenvalue weighted by molar-refractivity contribution is 0.622. The maximum atomic E-state index is 12.9. The van der Waals surface area contributed by atoms with E-state index in [-0.39, 0.29) is 5.82 Å². The Hall–Kier alpha value is -1.07. The van der Waals surface area contributed by atoms with Crippen LogP contribution in [0.3, 0.4) is 0 Å². The molecule has 0 spiro atoms. The van der Waals surface area contributed by atoms with Gasteiger partial charge < -0.3 is 0 Å². The van der Waals surface area contributed by atoms with Crippen LogP contribution in [0, 0.1) is 12.7 Å². The zero-order valence-electron chi connectivity index (χ0n) is 8.64. The molecule has 2 aromatic rings. The van der Waals surface area contributed by atoms with Crippen LogP contribution in [0.15, 0.2) is 34.5 Å². The van der Waals surface area contributed by atoms with Crippen LogP contribution in [-0.4, -0.2) is 9.19 Å². The number of thiazole rings is 1. The Balaban J connectivity index is 2.14. The SMILES string of the molecule is Cc1csc(CS(=O)c2cccc(F)c2)n1. The van der Waals surface area contributed by atoms with E-state index in [1.165, 1.54) is 23.5 Å². The van der Waals surface area contributed by atoms with Gasteiger partial charge in [0.2, 0.25) is 0 Å². The van der Waals surface area contributed by atoms with E-state index >= 15 is 0 Å². The van der Waals surface area contributed by atoms with Crippen molar-refractivity contribution >= 4 is 22.1 Å². The van der Waals surface area contributed by atoms with Crippen molar-refractivity contribution in [1.82, 2.24) is 4.98 Å². The second-order valence-corrected chi connectivity index (χ2v) is 5.72. The van der Waals surface area contributed by atoms with E-state index in [0.29, 0.717) is 10.6 Å². The lowest BCUT2D eigenvalue weighted by Gasteiger charge is -1.99. The van der Waals surface area contributed by atoms with Crippen LogP contribution >= 0.6 is 11.3 Å². The highest BCUT2D eigenvalue weighted by Crippen LogP contribution is 2.16. The highest BCUT2D eigenvalue weighted by atomic mass is 32.2. The average molecular weight is 255 g/mol. The summed E-state index contributed by atoms with van der Waals surface area (Å²) in [4.78, 5) is 4.74. The summed E-state index contributed by atoms with van der Waals surface area (Å²) in [7, 11) is -1.22. The molecule has 0 saturated heterocycles. The minimum absolute atomic E-state index is 0.349. The van der Waals surface area contributed by atoms with Gasteiger partial charge in [-0.05, 0) is 25.1 Å². The summed E-state index contributed by atoms with van der Waals surface area (Å²) in [5.41, 5.74) is 0.927. The number of aromatic nitrogens is 1. The fourth-order valence-electron chi connectivity index (χ4n) is 1.27. The Morgan fingerprint density at radius 2 is 2.31 bits per heavy atom. The summed E-state index contributed by atoms with van der Waals surface area (Å²) in [5, 5.41) is 2.73. The van der Waals surface area contributed by atoms with Crippen LogP contribution in [0.4, 0.5) is 4.39 Å². The molecule has 0 radical (unpaired) electrons. The van der Waals surface area contributed by atoms with Gasteiger partial charge in [0, 0.05) is 16.0 Å². The minimum atomic E-state index is -1.22. The third-order valence-electron chi connectivity index (χ3n) is 1.98. The number of benzene rings is 1. The second kappa shape index (κ2) is 4.84. The van der Waals surface area contributed by atoms with Gasteiger partial charge in [-0.25, -0.2) is 9.37 Å². The van der Waals surface area contributed by atoms with Crippen molar-refractivity contribution in [3.05, 3.63) is 46.2 Å². The van der Waals surface area contributed by atoms with Gasteiger partial charge in [0.15, 0.2) is 0 Å². The maximum Gasteiger partial charge on any atom is 0.124 e. The Morgan fingerprint density at radius 1 is 1.50 bits per heavy atom. The number of aryl methyl sites for hydroxylation is 1. The normalized spacial score (nSPS) is 12.6. The van der Waals surface area contributed by atoms with Gasteiger partial charge in [0.25, 0.3) is 0 Å². The standard InChI is InChI=1S/C11H10FNOS2/c1-8-6-15-11(13-8)7-16(14)10-4-2-3-9(12)5-10/h2-6H,7H2,1H3. The summed E-state index contributed by atoms with van der Waals surface area (Å²) < 4.78 is 24.8. The highest BCUT2D eigenvalue weighted by Gasteiger charge is 2.08. The minimum Gasteiger partial charge on any atom is -0.254 e. The van der Waals surface area contributed by atoms with Gasteiger partial charge in [-0.15, -0.1) is 11.3 Å². The molecule has 2 rings (SSSR count). The Bertz CT molecular complexity index is 524. The summed E-state index contributed by atoms with van der Waals surface area (Å²) in [5.74, 6) is -0.0109. The first-order chi connectivity index (χ1) is 7.65. The van der Waals surface area contributed by atoms with Crippen molar-refractivity contribution in [1.29, 1.82) is 0 Å². The molecular formula is C11H10FNOS2. The lowest BCUT2D eigenvalue weighted by Crippen LogP contribution is -1.96. The molecule has 1 unspecified atom stereocenters. The molecule has 2 nitrogen and oxygen atoms in total. The van der Waals surface area contributed by atoms with Crippen LogP contribution in [0.25, 0.3) is 0 Å². The molecule has 0 aliphatic rings. The van der Waals surface area contributed by atoms with E-state index < -0.39 is 10.8 Å². The molecule has 1 aromatic carbocycles. The fourth-order valence-corrected chi connectivity index (χ4v) is 3.35. The number of halogens is 1. The fraction of sp³-hybridized carbons (Fsp3) is 0.182. The second-order valence-electron chi connectivity index (χ2n) is 3.33. The van der Waals surface area contributed by atoms with Gasteiger partial charge in [0.1, 0.15) is 10.8 Å². The molecule has 0 aliphatic carbocycles. The van der Waals surface area contributed by atoms with Gasteiger partial charge >= 0.3 is 0 Å². The highest BCUT2D eigenvalue weighted by molar-refractivity contribution is 7.84. The first-order valence-electron chi connectivity index (χ1n) is 4.70. The van der Waals surface area contributed by atoms with Gasteiger partial charge in [-0.1, -0.05) is 6.07 Å². The molecule has 0 bridgehead atoms. The first kappa shape index (κ1) is 11.4. The quantitative estimate of drug-likeness (QED) is 0.844. The number of hydrogen-bond donors (Lipinski definition) is 0. The summed E-state index contributed by atoms with van der Waals surface area (Å²) in [6.45, 7) is 1.89. The molecule has 0 saturated carbocycles. The Morgan fingerprint density at radius 3 is 2.94 bits per heavy atom. The van der Waals surface area contributed by atoms with Crippen molar-refractivity contribution in [3.8, 4) is 0 Å². The Labute approximate surface area is 99.6 Å². The average Bonchev–Trinajstić information content (AvgIpc) is 2.64. The molecule has 1 aromatic heterocycles. The molecule has 5 heteroatoms. The largest absolute Gasteiger partial charge is 0.254 e. The first-order valence-corrected chi connectivity index (χ1v) is 6.90. The molecule has 0 aliphatic heterocycles. The van der Waals surface area contributed by atoms with Crippen molar-refractivity contribution in [3.63, 3.8) is 0 Å². The number of nitrogens with zero attached hydrogens (tertiary/aromatic N) is 1. The molecule has 0 amide bonds. The summed E-state index contributed by atoms with van der Waals surface area (Å²) >= 11 is 1.48. The molecule has 1 atom stereocenters. The maximum absolute atomic E-state index is 12.9. The zero-order valence-corrected chi connectivity index (χ0v) is 10.3. The smallest absolute Gasteiger partial charge is 0.124 e. The van der Waals surface area contributed by atoms with E-state index in [4.69, 9.17) is 0 Å². The van der Waals surface area contributed by atoms with Crippen LogP contribution in [0.2, 0.25) is 0 Å². The van der Waals surface area contributed by atoms with Crippen molar-refractivity contribution < 1.29 is 8.60 Å². The monoisotopic (exact) mass is 255 g/mol. The lowest BCUT2D eigenvalue weighted by atomic mass is 10.4. The number of rotatable bonds is 3. The van der Waals surface area contributed by atoms with Crippen molar-refractivity contribution in [2.75, 3.05) is 0 Å². The topological polar surface area (TPSA) is 30.0 Å². The van der Waals surface area contributed by atoms with Gasteiger partial charge in [-0.2, -0.15) is 0 Å². The van der Waals surface area contributed by atoms with Crippen LogP contribution < -0.4 is 0 Å². The van der Waals surface area contributed by atoms with Crippen molar-refractivity contribution in [2.24, 2.45) is 0 Å². The molecule has 84 valence electrons. The zero-order chi connectivity index (χ0) is 11.5.